The van der Waals surface area contributed by atoms with Gasteiger partial charge in [-0.1, -0.05) is 0 Å². The molecule has 1 fully saturated rings. The van der Waals surface area contributed by atoms with Crippen LogP contribution in [-0.2, 0) is 4.79 Å². The minimum absolute atomic E-state index is 0.298. The van der Waals surface area contributed by atoms with Gasteiger partial charge in [-0.25, -0.2) is 0 Å². The molecule has 3 nitrogen and oxygen atoms in total. The Morgan fingerprint density at radius 2 is 2.25 bits per heavy atom. The van der Waals surface area contributed by atoms with Crippen molar-refractivity contribution in [1.82, 2.24) is 10.2 Å². The van der Waals surface area contributed by atoms with Gasteiger partial charge in [0.1, 0.15) is 5.78 Å². The van der Waals surface area contributed by atoms with E-state index in [-0.39, 0.29) is 0 Å². The highest BCUT2D eigenvalue weighted by Gasteiger charge is 2.08. The maximum absolute atomic E-state index is 10.7. The van der Waals surface area contributed by atoms with E-state index in [1.54, 1.807) is 6.92 Å². The van der Waals surface area contributed by atoms with Gasteiger partial charge in [0.25, 0.3) is 0 Å². The lowest BCUT2D eigenvalue weighted by Crippen LogP contribution is -2.29. The molecular weight excluding hydrogens is 152 g/mol. The fraction of sp³-hybridized carbons (Fsp3) is 0.889. The van der Waals surface area contributed by atoms with E-state index in [0.717, 1.165) is 32.7 Å². The minimum Gasteiger partial charge on any atom is -0.315 e. The predicted molar refractivity (Wildman–Crippen MR) is 49.2 cm³/mol. The van der Waals surface area contributed by atoms with Crippen molar-refractivity contribution in [2.45, 2.75) is 19.8 Å². The van der Waals surface area contributed by atoms with Gasteiger partial charge in [0, 0.05) is 26.1 Å². The minimum atomic E-state index is 0.298. The molecule has 1 aliphatic heterocycles. The van der Waals surface area contributed by atoms with E-state index in [9.17, 15) is 4.79 Å². The highest BCUT2D eigenvalue weighted by molar-refractivity contribution is 5.75. The Kier molecular flexibility index (Phi) is 4.25. The summed E-state index contributed by atoms with van der Waals surface area (Å²) in [7, 11) is 0. The molecule has 0 aromatic heterocycles. The topological polar surface area (TPSA) is 32.3 Å². The lowest BCUT2D eigenvalue weighted by Gasteiger charge is -2.17. The van der Waals surface area contributed by atoms with Gasteiger partial charge in [-0.05, 0) is 26.4 Å². The lowest BCUT2D eigenvalue weighted by molar-refractivity contribution is -0.117. The van der Waals surface area contributed by atoms with Crippen LogP contribution in [0.1, 0.15) is 19.8 Å². The quantitative estimate of drug-likeness (QED) is 0.659. The van der Waals surface area contributed by atoms with Crippen molar-refractivity contribution >= 4 is 5.78 Å². The van der Waals surface area contributed by atoms with E-state index in [0.29, 0.717) is 12.2 Å². The highest BCUT2D eigenvalue weighted by Crippen LogP contribution is 1.96. The molecule has 1 aliphatic rings. The summed E-state index contributed by atoms with van der Waals surface area (Å²) in [6, 6.07) is 0. The summed E-state index contributed by atoms with van der Waals surface area (Å²) in [6.07, 6.45) is 1.91. The van der Waals surface area contributed by atoms with Crippen molar-refractivity contribution in [2.24, 2.45) is 0 Å². The van der Waals surface area contributed by atoms with Crippen LogP contribution in [0.25, 0.3) is 0 Å². The van der Waals surface area contributed by atoms with Gasteiger partial charge < -0.3 is 10.2 Å². The fourth-order valence-electron chi connectivity index (χ4n) is 1.44. The molecular formula is C9H18N2O. The molecule has 0 aliphatic carbocycles. The standard InChI is InChI=1S/C9H18N2O/c1-9(12)3-7-11-6-2-4-10-5-8-11/h10H,2-8H2,1H3. The molecule has 0 unspecified atom stereocenters. The van der Waals surface area contributed by atoms with Gasteiger partial charge in [-0.15, -0.1) is 0 Å². The molecule has 1 N–H and O–H groups in total. The van der Waals surface area contributed by atoms with Gasteiger partial charge in [0.05, 0.1) is 0 Å². The Bertz CT molecular complexity index is 139. The van der Waals surface area contributed by atoms with Crippen LogP contribution in [0.2, 0.25) is 0 Å². The van der Waals surface area contributed by atoms with Crippen molar-refractivity contribution in [3.05, 3.63) is 0 Å². The summed E-state index contributed by atoms with van der Waals surface area (Å²) < 4.78 is 0. The number of nitrogens with one attached hydrogen (secondary N) is 1. The smallest absolute Gasteiger partial charge is 0.131 e. The molecule has 0 aromatic carbocycles. The molecule has 0 spiro atoms. The third-order valence-corrected chi connectivity index (χ3v) is 2.21. The monoisotopic (exact) mass is 170 g/mol. The SMILES string of the molecule is CC(=O)CCN1CCCNCC1. The Morgan fingerprint density at radius 1 is 1.42 bits per heavy atom. The van der Waals surface area contributed by atoms with E-state index >= 15 is 0 Å². The van der Waals surface area contributed by atoms with Gasteiger partial charge in [-0.3, -0.25) is 4.79 Å². The number of carbonyl (C=O) groups is 1. The number of carbonyl (C=O) groups excluding carboxylic acids is 1. The summed E-state index contributed by atoms with van der Waals surface area (Å²) in [4.78, 5) is 13.1. The number of hydrogen-bond acceptors (Lipinski definition) is 3. The van der Waals surface area contributed by atoms with Crippen LogP contribution in [0.5, 0.6) is 0 Å². The summed E-state index contributed by atoms with van der Waals surface area (Å²) >= 11 is 0. The van der Waals surface area contributed by atoms with Crippen molar-refractivity contribution in [3.63, 3.8) is 0 Å². The van der Waals surface area contributed by atoms with E-state index in [1.807, 2.05) is 0 Å². The first-order valence-corrected chi connectivity index (χ1v) is 4.71. The Morgan fingerprint density at radius 3 is 3.00 bits per heavy atom. The van der Waals surface area contributed by atoms with Crippen LogP contribution in [-0.4, -0.2) is 43.4 Å². The van der Waals surface area contributed by atoms with Crippen LogP contribution in [0, 0.1) is 0 Å². The summed E-state index contributed by atoms with van der Waals surface area (Å²) in [5.74, 6) is 0.298. The van der Waals surface area contributed by atoms with Crippen LogP contribution in [0.3, 0.4) is 0 Å². The number of ketones is 1. The third kappa shape index (κ3) is 3.83. The van der Waals surface area contributed by atoms with Crippen molar-refractivity contribution in [3.8, 4) is 0 Å². The first-order valence-electron chi connectivity index (χ1n) is 4.71. The average molecular weight is 170 g/mol. The van der Waals surface area contributed by atoms with E-state index in [4.69, 9.17) is 0 Å². The van der Waals surface area contributed by atoms with Crippen LogP contribution in [0.4, 0.5) is 0 Å². The van der Waals surface area contributed by atoms with Crippen LogP contribution < -0.4 is 5.32 Å². The van der Waals surface area contributed by atoms with Crippen LogP contribution in [0.15, 0.2) is 0 Å². The molecule has 3 heteroatoms. The Hall–Kier alpha value is -0.410. The zero-order chi connectivity index (χ0) is 8.81. The molecule has 0 radical (unpaired) electrons. The largest absolute Gasteiger partial charge is 0.315 e. The first kappa shape index (κ1) is 9.68. The molecule has 0 saturated carbocycles. The lowest BCUT2D eigenvalue weighted by atomic mass is 10.3. The summed E-state index contributed by atoms with van der Waals surface area (Å²) in [5, 5.41) is 3.34. The molecule has 12 heavy (non-hydrogen) atoms. The molecule has 0 atom stereocenters. The first-order chi connectivity index (χ1) is 5.79. The van der Waals surface area contributed by atoms with Gasteiger partial charge in [0.15, 0.2) is 0 Å². The zero-order valence-corrected chi connectivity index (χ0v) is 7.81. The molecule has 1 saturated heterocycles. The van der Waals surface area contributed by atoms with Crippen molar-refractivity contribution < 1.29 is 4.79 Å². The van der Waals surface area contributed by atoms with Gasteiger partial charge in [-0.2, -0.15) is 0 Å². The maximum Gasteiger partial charge on any atom is 0.131 e. The third-order valence-electron chi connectivity index (χ3n) is 2.21. The molecule has 70 valence electrons. The number of nitrogens with zero attached hydrogens (tertiary/aromatic N) is 1. The number of hydrogen-bond donors (Lipinski definition) is 1. The normalized spacial score (nSPS) is 20.4. The molecule has 0 amide bonds. The number of Topliss-reactive ketones (excluding diaryl/α,β-unsaturated/α-hetero) is 1. The van der Waals surface area contributed by atoms with Gasteiger partial charge >= 0.3 is 0 Å². The average Bonchev–Trinajstić information content (AvgIpc) is 2.28. The van der Waals surface area contributed by atoms with E-state index < -0.39 is 0 Å². The summed E-state index contributed by atoms with van der Waals surface area (Å²) in [5.41, 5.74) is 0. The highest BCUT2D eigenvalue weighted by atomic mass is 16.1. The molecule has 0 bridgehead atoms. The van der Waals surface area contributed by atoms with E-state index in [2.05, 4.69) is 10.2 Å². The maximum atomic E-state index is 10.7. The second-order valence-corrected chi connectivity index (χ2v) is 3.40. The second kappa shape index (κ2) is 5.27. The van der Waals surface area contributed by atoms with Crippen LogP contribution >= 0.6 is 0 Å². The van der Waals surface area contributed by atoms with Crippen molar-refractivity contribution in [2.75, 3.05) is 32.7 Å². The predicted octanol–water partition coefficient (Wildman–Crippen LogP) is 0.261. The molecule has 0 aromatic rings. The van der Waals surface area contributed by atoms with Gasteiger partial charge in [0.2, 0.25) is 0 Å². The zero-order valence-electron chi connectivity index (χ0n) is 7.81. The molecule has 1 rings (SSSR count). The van der Waals surface area contributed by atoms with Crippen molar-refractivity contribution in [1.29, 1.82) is 0 Å². The fourth-order valence-corrected chi connectivity index (χ4v) is 1.44. The summed E-state index contributed by atoms with van der Waals surface area (Å²) in [6.45, 7) is 7.02. The molecule has 1 heterocycles. The Labute approximate surface area is 74.1 Å². The Balaban J connectivity index is 2.16. The van der Waals surface area contributed by atoms with E-state index in [1.165, 1.54) is 6.42 Å². The second-order valence-electron chi connectivity index (χ2n) is 3.40. The number of rotatable bonds is 3.